The average molecular weight is 229 g/mol. The van der Waals surface area contributed by atoms with Gasteiger partial charge < -0.3 is 10.1 Å². The standard InChI is InChI=1S/C9H9ClN2O3/c1-3-11-7-4-6(10)9(15-2)5-8(7)12(13)14/h3-5,11H,1H2,2H3. The van der Waals surface area contributed by atoms with Crippen molar-refractivity contribution in [1.82, 2.24) is 0 Å². The van der Waals surface area contributed by atoms with Crippen molar-refractivity contribution in [2.45, 2.75) is 0 Å². The van der Waals surface area contributed by atoms with Gasteiger partial charge in [0.15, 0.2) is 0 Å². The van der Waals surface area contributed by atoms with Crippen LogP contribution in [-0.2, 0) is 0 Å². The first-order valence-electron chi connectivity index (χ1n) is 3.99. The van der Waals surface area contributed by atoms with Crippen LogP contribution in [0, 0.1) is 10.1 Å². The van der Waals surface area contributed by atoms with Crippen LogP contribution in [0.5, 0.6) is 5.75 Å². The number of methoxy groups -OCH3 is 1. The predicted octanol–water partition coefficient (Wildman–Crippen LogP) is 2.81. The van der Waals surface area contributed by atoms with Crippen molar-refractivity contribution in [2.75, 3.05) is 12.4 Å². The van der Waals surface area contributed by atoms with Gasteiger partial charge in [-0.1, -0.05) is 18.2 Å². The van der Waals surface area contributed by atoms with E-state index < -0.39 is 4.92 Å². The Morgan fingerprint density at radius 2 is 2.33 bits per heavy atom. The molecule has 0 amide bonds. The summed E-state index contributed by atoms with van der Waals surface area (Å²) in [7, 11) is 1.39. The Morgan fingerprint density at radius 3 is 2.80 bits per heavy atom. The monoisotopic (exact) mass is 228 g/mol. The zero-order chi connectivity index (χ0) is 11.4. The minimum atomic E-state index is -0.523. The number of hydrogen-bond donors (Lipinski definition) is 1. The van der Waals surface area contributed by atoms with Crippen molar-refractivity contribution >= 4 is 23.0 Å². The number of nitrogens with zero attached hydrogens (tertiary/aromatic N) is 1. The maximum atomic E-state index is 10.7. The third-order valence-corrected chi connectivity index (χ3v) is 2.02. The first-order chi connectivity index (χ1) is 7.10. The van der Waals surface area contributed by atoms with Gasteiger partial charge in [0.25, 0.3) is 5.69 Å². The van der Waals surface area contributed by atoms with E-state index in [4.69, 9.17) is 16.3 Å². The smallest absolute Gasteiger partial charge is 0.296 e. The van der Waals surface area contributed by atoms with E-state index in [1.165, 1.54) is 25.4 Å². The molecule has 0 aliphatic heterocycles. The van der Waals surface area contributed by atoms with E-state index in [9.17, 15) is 10.1 Å². The molecule has 0 unspecified atom stereocenters. The summed E-state index contributed by atoms with van der Waals surface area (Å²) < 4.78 is 4.88. The van der Waals surface area contributed by atoms with Crippen molar-refractivity contribution in [3.05, 3.63) is 40.0 Å². The molecular formula is C9H9ClN2O3. The van der Waals surface area contributed by atoms with E-state index in [2.05, 4.69) is 11.9 Å². The second kappa shape index (κ2) is 4.65. The van der Waals surface area contributed by atoms with E-state index in [0.29, 0.717) is 5.02 Å². The summed E-state index contributed by atoms with van der Waals surface area (Å²) in [6, 6.07) is 2.67. The number of nitrogens with one attached hydrogen (secondary N) is 1. The van der Waals surface area contributed by atoms with Crippen LogP contribution in [0.25, 0.3) is 0 Å². The van der Waals surface area contributed by atoms with Crippen molar-refractivity contribution in [1.29, 1.82) is 0 Å². The van der Waals surface area contributed by atoms with Crippen LogP contribution in [0.1, 0.15) is 0 Å². The summed E-state index contributed by atoms with van der Waals surface area (Å²) in [6.07, 6.45) is 1.34. The lowest BCUT2D eigenvalue weighted by atomic mass is 10.2. The van der Waals surface area contributed by atoms with Crippen LogP contribution >= 0.6 is 11.6 Å². The van der Waals surface area contributed by atoms with E-state index in [0.717, 1.165) is 0 Å². The Labute approximate surface area is 91.5 Å². The molecular weight excluding hydrogens is 220 g/mol. The molecule has 0 fully saturated rings. The SMILES string of the molecule is C=CNc1cc(Cl)c(OC)cc1[N+](=O)[O-]. The lowest BCUT2D eigenvalue weighted by Gasteiger charge is -2.06. The molecule has 0 spiro atoms. The van der Waals surface area contributed by atoms with E-state index in [1.807, 2.05) is 0 Å². The molecule has 1 rings (SSSR count). The van der Waals surface area contributed by atoms with Gasteiger partial charge in [0.2, 0.25) is 0 Å². The number of nitro benzene ring substituents is 1. The van der Waals surface area contributed by atoms with E-state index >= 15 is 0 Å². The number of rotatable bonds is 4. The lowest BCUT2D eigenvalue weighted by molar-refractivity contribution is -0.384. The maximum Gasteiger partial charge on any atom is 0.296 e. The topological polar surface area (TPSA) is 64.4 Å². The minimum absolute atomic E-state index is 0.115. The number of ether oxygens (including phenoxy) is 1. The molecule has 0 radical (unpaired) electrons. The fourth-order valence-electron chi connectivity index (χ4n) is 1.08. The minimum Gasteiger partial charge on any atom is -0.495 e. The zero-order valence-corrected chi connectivity index (χ0v) is 8.75. The molecule has 0 heterocycles. The highest BCUT2D eigenvalue weighted by atomic mass is 35.5. The van der Waals surface area contributed by atoms with Gasteiger partial charge >= 0.3 is 0 Å². The summed E-state index contributed by atoms with van der Waals surface area (Å²) in [5.74, 6) is 0.262. The predicted molar refractivity (Wildman–Crippen MR) is 58.5 cm³/mol. The largest absolute Gasteiger partial charge is 0.495 e. The van der Waals surface area contributed by atoms with Gasteiger partial charge in [0.05, 0.1) is 23.1 Å². The van der Waals surface area contributed by atoms with Crippen LogP contribution in [0.2, 0.25) is 5.02 Å². The molecule has 0 saturated carbocycles. The Hall–Kier alpha value is -1.75. The molecule has 0 bridgehead atoms. The molecule has 0 saturated heterocycles. The van der Waals surface area contributed by atoms with E-state index in [-0.39, 0.29) is 17.1 Å². The van der Waals surface area contributed by atoms with Crippen LogP contribution in [0.4, 0.5) is 11.4 Å². The first kappa shape index (κ1) is 11.3. The van der Waals surface area contributed by atoms with Gasteiger partial charge in [-0.3, -0.25) is 10.1 Å². The van der Waals surface area contributed by atoms with Crippen LogP contribution < -0.4 is 10.1 Å². The number of nitro groups is 1. The Balaban J connectivity index is 3.31. The lowest BCUT2D eigenvalue weighted by Crippen LogP contribution is -1.97. The molecule has 0 aliphatic carbocycles. The maximum absolute atomic E-state index is 10.7. The molecule has 1 aromatic carbocycles. The van der Waals surface area contributed by atoms with E-state index in [1.54, 1.807) is 0 Å². The zero-order valence-electron chi connectivity index (χ0n) is 7.99. The molecule has 1 N–H and O–H groups in total. The van der Waals surface area contributed by atoms with Gasteiger partial charge in [-0.25, -0.2) is 0 Å². The first-order valence-corrected chi connectivity index (χ1v) is 4.37. The molecule has 1 aromatic rings. The summed E-state index contributed by atoms with van der Waals surface area (Å²) in [6.45, 7) is 3.42. The van der Waals surface area contributed by atoms with Crippen molar-refractivity contribution in [3.8, 4) is 5.75 Å². The highest BCUT2D eigenvalue weighted by Crippen LogP contribution is 2.35. The summed E-state index contributed by atoms with van der Waals surface area (Å²) >= 11 is 5.82. The second-order valence-electron chi connectivity index (χ2n) is 2.61. The second-order valence-corrected chi connectivity index (χ2v) is 3.02. The fourth-order valence-corrected chi connectivity index (χ4v) is 1.32. The number of anilines is 1. The third kappa shape index (κ3) is 2.38. The Bertz CT molecular complexity index is 407. The Morgan fingerprint density at radius 1 is 1.67 bits per heavy atom. The van der Waals surface area contributed by atoms with Gasteiger partial charge in [0, 0.05) is 0 Å². The van der Waals surface area contributed by atoms with Crippen LogP contribution in [-0.4, -0.2) is 12.0 Å². The molecule has 6 heteroatoms. The van der Waals surface area contributed by atoms with Gasteiger partial charge in [0.1, 0.15) is 11.4 Å². The normalized spacial score (nSPS) is 9.47. The highest BCUT2D eigenvalue weighted by molar-refractivity contribution is 6.32. The molecule has 0 atom stereocenters. The molecule has 5 nitrogen and oxygen atoms in total. The van der Waals surface area contributed by atoms with Gasteiger partial charge in [-0.15, -0.1) is 0 Å². The molecule has 80 valence electrons. The third-order valence-electron chi connectivity index (χ3n) is 1.72. The van der Waals surface area contributed by atoms with Crippen LogP contribution in [0.3, 0.4) is 0 Å². The van der Waals surface area contributed by atoms with Crippen molar-refractivity contribution < 1.29 is 9.66 Å². The fraction of sp³-hybridized carbons (Fsp3) is 0.111. The van der Waals surface area contributed by atoms with Crippen molar-refractivity contribution in [3.63, 3.8) is 0 Å². The number of halogens is 1. The summed E-state index contributed by atoms with van der Waals surface area (Å²) in [4.78, 5) is 10.2. The average Bonchev–Trinajstić information content (AvgIpc) is 2.18. The number of benzene rings is 1. The summed E-state index contributed by atoms with van der Waals surface area (Å²) in [5, 5.41) is 13.6. The highest BCUT2D eigenvalue weighted by Gasteiger charge is 2.17. The van der Waals surface area contributed by atoms with Crippen molar-refractivity contribution in [2.24, 2.45) is 0 Å². The van der Waals surface area contributed by atoms with Gasteiger partial charge in [-0.05, 0) is 12.3 Å². The van der Waals surface area contributed by atoms with Crippen LogP contribution in [0.15, 0.2) is 24.9 Å². The van der Waals surface area contributed by atoms with Gasteiger partial charge in [-0.2, -0.15) is 0 Å². The summed E-state index contributed by atoms with van der Waals surface area (Å²) in [5.41, 5.74) is 0.164. The molecule has 0 aromatic heterocycles. The quantitative estimate of drug-likeness (QED) is 0.636. The molecule has 0 aliphatic rings. The number of hydrogen-bond acceptors (Lipinski definition) is 4. The molecule has 15 heavy (non-hydrogen) atoms. The Kier molecular flexibility index (Phi) is 3.51.